The Kier molecular flexibility index (Phi) is 8.01. The number of nitrogens with two attached hydrogens (primary N) is 1. The molecule has 1 aromatic heterocycles. The number of carbonyl (C=O) groups is 2. The van der Waals surface area contributed by atoms with Crippen molar-refractivity contribution in [1.29, 1.82) is 5.26 Å². The number of hydrogen-bond donors (Lipinski definition) is 1. The molecular weight excluding hydrogens is 609 g/mol. The van der Waals surface area contributed by atoms with Crippen molar-refractivity contribution in [2.24, 2.45) is 11.1 Å². The number of nitrogens with zero attached hydrogens (tertiary/aromatic N) is 4. The smallest absolute Gasteiger partial charge is 0.219 e. The minimum Gasteiger partial charge on any atom is -0.384 e. The number of aromatic nitrogens is 2. The van der Waals surface area contributed by atoms with E-state index in [0.717, 1.165) is 0 Å². The van der Waals surface area contributed by atoms with E-state index in [9.17, 15) is 14.9 Å². The number of thioether (sulfide) groups is 1. The second-order valence-corrected chi connectivity index (χ2v) is 13.7. The summed E-state index contributed by atoms with van der Waals surface area (Å²) in [5, 5.41) is 20.5. The summed E-state index contributed by atoms with van der Waals surface area (Å²) in [5.41, 5.74) is 8.92. The van der Waals surface area contributed by atoms with Crippen LogP contribution in [0.1, 0.15) is 48.5 Å². The summed E-state index contributed by atoms with van der Waals surface area (Å²) < 4.78 is 0.554. The van der Waals surface area contributed by atoms with Gasteiger partial charge in [-0.3, -0.25) is 14.5 Å². The normalized spacial score (nSPS) is 18.6. The largest absolute Gasteiger partial charge is 0.384 e. The maximum absolute atomic E-state index is 13.7. The van der Waals surface area contributed by atoms with Crippen molar-refractivity contribution in [2.45, 2.75) is 36.9 Å². The molecular formula is C28H22Cl3N5O2S2. The van der Waals surface area contributed by atoms with Gasteiger partial charge in [-0.25, -0.2) is 0 Å². The molecule has 0 bridgehead atoms. The fourth-order valence-electron chi connectivity index (χ4n) is 4.95. The van der Waals surface area contributed by atoms with Gasteiger partial charge in [-0.1, -0.05) is 77.8 Å². The highest BCUT2D eigenvalue weighted by atomic mass is 35.5. The number of benzene rings is 2. The van der Waals surface area contributed by atoms with Gasteiger partial charge in [-0.2, -0.15) is 5.26 Å². The van der Waals surface area contributed by atoms with Crippen LogP contribution in [0.2, 0.25) is 15.1 Å². The number of anilines is 1. The molecule has 1 aliphatic carbocycles. The molecule has 2 aromatic carbocycles. The Hall–Kier alpha value is -2.87. The zero-order valence-electron chi connectivity index (χ0n) is 21.4. The maximum Gasteiger partial charge on any atom is 0.219 e. The quantitative estimate of drug-likeness (QED) is 0.221. The van der Waals surface area contributed by atoms with Gasteiger partial charge in [0, 0.05) is 28.3 Å². The fraction of sp³-hybridized carbons (Fsp3) is 0.250. The molecule has 5 rings (SSSR count). The standard InChI is InChI=1S/C28H22Cl3N5O2S2/c1-28(2)10-20-24(21(37)11-28)23(15-5-8-18(30)19(31)9-15)17(12-32)25(33)36(20)26-34-35-27(40-26)39-13-22(38)14-3-6-16(29)7-4-14/h3-9,23H,10-11,13,33H2,1-2H3. The van der Waals surface area contributed by atoms with Gasteiger partial charge in [0.05, 0.1) is 33.4 Å². The first-order valence-corrected chi connectivity index (χ1v) is 15.1. The molecule has 40 heavy (non-hydrogen) atoms. The number of rotatable bonds is 6. The zero-order chi connectivity index (χ0) is 28.8. The third kappa shape index (κ3) is 5.52. The number of allylic oxidation sites excluding steroid dienone is 3. The molecule has 204 valence electrons. The Morgan fingerprint density at radius 2 is 1.88 bits per heavy atom. The molecule has 3 aromatic rings. The van der Waals surface area contributed by atoms with E-state index in [1.165, 1.54) is 23.1 Å². The van der Waals surface area contributed by atoms with E-state index in [-0.39, 0.29) is 34.1 Å². The Balaban J connectivity index is 1.52. The minimum absolute atomic E-state index is 0.0692. The van der Waals surface area contributed by atoms with Crippen molar-refractivity contribution in [2.75, 3.05) is 10.7 Å². The van der Waals surface area contributed by atoms with E-state index < -0.39 is 5.92 Å². The van der Waals surface area contributed by atoms with Crippen LogP contribution in [0.5, 0.6) is 0 Å². The number of halogens is 3. The fourth-order valence-corrected chi connectivity index (χ4v) is 7.16. The Bertz CT molecular complexity index is 1640. The molecule has 7 nitrogen and oxygen atoms in total. The highest BCUT2D eigenvalue weighted by molar-refractivity contribution is 8.01. The molecule has 0 saturated heterocycles. The van der Waals surface area contributed by atoms with Crippen molar-refractivity contribution in [1.82, 2.24) is 10.2 Å². The van der Waals surface area contributed by atoms with Gasteiger partial charge < -0.3 is 5.73 Å². The summed E-state index contributed by atoms with van der Waals surface area (Å²) in [6.45, 7) is 4.04. The Morgan fingerprint density at radius 3 is 2.55 bits per heavy atom. The van der Waals surface area contributed by atoms with E-state index in [1.54, 1.807) is 47.4 Å². The molecule has 0 spiro atoms. The van der Waals surface area contributed by atoms with Gasteiger partial charge in [0.2, 0.25) is 5.13 Å². The van der Waals surface area contributed by atoms with Crippen molar-refractivity contribution < 1.29 is 9.59 Å². The van der Waals surface area contributed by atoms with Crippen LogP contribution in [0.3, 0.4) is 0 Å². The lowest BCUT2D eigenvalue weighted by atomic mass is 9.69. The minimum atomic E-state index is -0.687. The number of ketones is 2. The van der Waals surface area contributed by atoms with E-state index in [1.807, 2.05) is 13.8 Å². The Morgan fingerprint density at radius 1 is 1.15 bits per heavy atom. The van der Waals surface area contributed by atoms with E-state index in [2.05, 4.69) is 16.3 Å². The summed E-state index contributed by atoms with van der Waals surface area (Å²) in [5.74, 6) is -0.498. The SMILES string of the molecule is CC1(C)CC(=O)C2=C(C1)N(c1nnc(SCC(=O)c3ccc(Cl)cc3)s1)C(N)=C(C#N)C2c1ccc(Cl)c(Cl)c1. The topological polar surface area (TPSA) is 113 Å². The monoisotopic (exact) mass is 629 g/mol. The molecule has 2 aliphatic rings. The van der Waals surface area contributed by atoms with Gasteiger partial charge in [0.25, 0.3) is 0 Å². The van der Waals surface area contributed by atoms with Gasteiger partial charge in [-0.05, 0) is 53.8 Å². The predicted molar refractivity (Wildman–Crippen MR) is 160 cm³/mol. The van der Waals surface area contributed by atoms with Crippen molar-refractivity contribution in [3.8, 4) is 6.07 Å². The van der Waals surface area contributed by atoms with Crippen molar-refractivity contribution in [3.63, 3.8) is 0 Å². The summed E-state index contributed by atoms with van der Waals surface area (Å²) >= 11 is 20.9. The van der Waals surface area contributed by atoms with Crippen LogP contribution in [0.15, 0.2) is 69.5 Å². The molecule has 2 heterocycles. The number of Topliss-reactive ketones (excluding diaryl/α,β-unsaturated/α-hetero) is 2. The van der Waals surface area contributed by atoms with Gasteiger partial charge in [0.15, 0.2) is 15.9 Å². The first-order valence-electron chi connectivity index (χ1n) is 12.1. The van der Waals surface area contributed by atoms with Crippen LogP contribution in [0.25, 0.3) is 0 Å². The molecule has 0 fully saturated rings. The third-order valence-electron chi connectivity index (χ3n) is 6.74. The van der Waals surface area contributed by atoms with Crippen LogP contribution in [-0.4, -0.2) is 27.5 Å². The lowest BCUT2D eigenvalue weighted by molar-refractivity contribution is -0.118. The van der Waals surface area contributed by atoms with Crippen LogP contribution < -0.4 is 10.6 Å². The molecule has 1 atom stereocenters. The van der Waals surface area contributed by atoms with Crippen LogP contribution in [0, 0.1) is 16.7 Å². The number of carbonyl (C=O) groups excluding carboxylic acids is 2. The molecule has 12 heteroatoms. The average Bonchev–Trinajstić information content (AvgIpc) is 3.36. The van der Waals surface area contributed by atoms with E-state index >= 15 is 0 Å². The van der Waals surface area contributed by atoms with Gasteiger partial charge in [0.1, 0.15) is 5.82 Å². The summed E-state index contributed by atoms with van der Waals surface area (Å²) in [6.07, 6.45) is 0.850. The number of nitriles is 1. The van der Waals surface area contributed by atoms with Gasteiger partial charge in [-0.15, -0.1) is 10.2 Å². The Labute approximate surface area is 254 Å². The van der Waals surface area contributed by atoms with E-state index in [0.29, 0.717) is 59.8 Å². The first kappa shape index (κ1) is 28.7. The highest BCUT2D eigenvalue weighted by Gasteiger charge is 2.45. The molecule has 0 amide bonds. The first-order chi connectivity index (χ1) is 19.0. The predicted octanol–water partition coefficient (Wildman–Crippen LogP) is 7.41. The molecule has 1 aliphatic heterocycles. The lowest BCUT2D eigenvalue weighted by Gasteiger charge is -2.42. The maximum atomic E-state index is 13.7. The average molecular weight is 631 g/mol. The third-order valence-corrected chi connectivity index (χ3v) is 9.77. The second kappa shape index (κ2) is 11.2. The zero-order valence-corrected chi connectivity index (χ0v) is 25.3. The van der Waals surface area contributed by atoms with Crippen LogP contribution >= 0.6 is 57.9 Å². The number of hydrogen-bond acceptors (Lipinski definition) is 9. The van der Waals surface area contributed by atoms with Gasteiger partial charge >= 0.3 is 0 Å². The van der Waals surface area contributed by atoms with E-state index in [4.69, 9.17) is 40.5 Å². The lowest BCUT2D eigenvalue weighted by Crippen LogP contribution is -2.42. The second-order valence-electron chi connectivity index (χ2n) is 10.2. The molecule has 2 N–H and O–H groups in total. The highest BCUT2D eigenvalue weighted by Crippen LogP contribution is 2.51. The summed E-state index contributed by atoms with van der Waals surface area (Å²) in [6, 6.07) is 14.0. The van der Waals surface area contributed by atoms with Crippen LogP contribution in [-0.2, 0) is 4.79 Å². The van der Waals surface area contributed by atoms with Crippen molar-refractivity contribution in [3.05, 3.63) is 91.3 Å². The molecule has 1 unspecified atom stereocenters. The summed E-state index contributed by atoms with van der Waals surface area (Å²) in [7, 11) is 0. The van der Waals surface area contributed by atoms with Crippen LogP contribution in [0.4, 0.5) is 5.13 Å². The summed E-state index contributed by atoms with van der Waals surface area (Å²) in [4.78, 5) is 28.0. The molecule has 0 radical (unpaired) electrons. The van der Waals surface area contributed by atoms with Crippen molar-refractivity contribution >= 4 is 74.6 Å². The molecule has 0 saturated carbocycles.